The van der Waals surface area contributed by atoms with Gasteiger partial charge in [-0.15, -0.1) is 0 Å². The van der Waals surface area contributed by atoms with Crippen LogP contribution in [0.5, 0.6) is 0 Å². The van der Waals surface area contributed by atoms with Crippen LogP contribution < -0.4 is 5.32 Å². The van der Waals surface area contributed by atoms with Crippen molar-refractivity contribution in [3.05, 3.63) is 24.3 Å². The van der Waals surface area contributed by atoms with E-state index >= 15 is 0 Å². The number of halogens is 2. The third-order valence-electron chi connectivity index (χ3n) is 3.67. The monoisotopic (exact) mass is 286 g/mol. The summed E-state index contributed by atoms with van der Waals surface area (Å²) >= 11 is 0.609. The van der Waals surface area contributed by atoms with Crippen LogP contribution in [0, 0.1) is 0 Å². The Balaban J connectivity index is 2.02. The number of hydrogen-bond donors (Lipinski definition) is 1. The molecule has 2 nitrogen and oxygen atoms in total. The van der Waals surface area contributed by atoms with Gasteiger partial charge < -0.3 is 10.2 Å². The van der Waals surface area contributed by atoms with Crippen LogP contribution in [-0.4, -0.2) is 36.3 Å². The zero-order valence-electron chi connectivity index (χ0n) is 11.3. The van der Waals surface area contributed by atoms with E-state index in [-0.39, 0.29) is 0 Å². The van der Waals surface area contributed by atoms with Crippen molar-refractivity contribution in [2.75, 3.05) is 18.9 Å². The highest BCUT2D eigenvalue weighted by molar-refractivity contribution is 7.99. The minimum atomic E-state index is -2.38. The number of thioether (sulfide) groups is 1. The Kier molecular flexibility index (Phi) is 5.05. The molecule has 0 aromatic heterocycles. The molecule has 2 unspecified atom stereocenters. The molecule has 1 aliphatic rings. The van der Waals surface area contributed by atoms with E-state index in [2.05, 4.69) is 24.2 Å². The fourth-order valence-electron chi connectivity index (χ4n) is 2.43. The first-order valence-corrected chi connectivity index (χ1v) is 7.45. The topological polar surface area (TPSA) is 15.3 Å². The first kappa shape index (κ1) is 14.6. The lowest BCUT2D eigenvalue weighted by molar-refractivity contribution is 0.190. The summed E-state index contributed by atoms with van der Waals surface area (Å²) in [6, 6.07) is 8.21. The number of rotatable bonds is 4. The number of anilines is 1. The molecule has 2 atom stereocenters. The smallest absolute Gasteiger partial charge is 0.288 e. The Hall–Kier alpha value is -0.810. The van der Waals surface area contributed by atoms with E-state index in [0.29, 0.717) is 28.7 Å². The van der Waals surface area contributed by atoms with Crippen molar-refractivity contribution in [1.29, 1.82) is 0 Å². The van der Waals surface area contributed by atoms with Gasteiger partial charge in [0.1, 0.15) is 0 Å². The molecular weight excluding hydrogens is 266 g/mol. The highest BCUT2D eigenvalue weighted by Crippen LogP contribution is 2.33. The summed E-state index contributed by atoms with van der Waals surface area (Å²) < 4.78 is 25.0. The Morgan fingerprint density at radius 1 is 1.37 bits per heavy atom. The largest absolute Gasteiger partial charge is 0.381 e. The van der Waals surface area contributed by atoms with Crippen molar-refractivity contribution in [2.24, 2.45) is 0 Å². The lowest BCUT2D eigenvalue weighted by Gasteiger charge is -2.36. The van der Waals surface area contributed by atoms with Gasteiger partial charge in [-0.2, -0.15) is 8.78 Å². The second kappa shape index (κ2) is 6.57. The minimum absolute atomic E-state index is 0.366. The van der Waals surface area contributed by atoms with E-state index in [4.69, 9.17) is 0 Å². The van der Waals surface area contributed by atoms with E-state index in [0.717, 1.165) is 25.1 Å². The van der Waals surface area contributed by atoms with Crippen LogP contribution in [0.3, 0.4) is 0 Å². The van der Waals surface area contributed by atoms with Crippen LogP contribution in [0.4, 0.5) is 14.5 Å². The summed E-state index contributed by atoms with van der Waals surface area (Å²) in [7, 11) is 2.13. The molecule has 0 amide bonds. The maximum Gasteiger partial charge on any atom is 0.288 e. The van der Waals surface area contributed by atoms with Crippen LogP contribution in [0.1, 0.15) is 19.8 Å². The quantitative estimate of drug-likeness (QED) is 0.845. The average Bonchev–Trinajstić information content (AvgIpc) is 2.36. The summed E-state index contributed by atoms with van der Waals surface area (Å²) in [4.78, 5) is 2.96. The lowest BCUT2D eigenvalue weighted by Crippen LogP contribution is -2.42. The van der Waals surface area contributed by atoms with E-state index in [1.54, 1.807) is 12.1 Å². The molecule has 1 N–H and O–H groups in total. The molecule has 2 rings (SSSR count). The predicted molar refractivity (Wildman–Crippen MR) is 77.0 cm³/mol. The van der Waals surface area contributed by atoms with Crippen molar-refractivity contribution in [2.45, 2.75) is 42.5 Å². The molecule has 1 aliphatic heterocycles. The number of hydrogen-bond acceptors (Lipinski definition) is 3. The summed E-state index contributed by atoms with van der Waals surface area (Å²) in [5, 5.41) is 3.42. The summed E-state index contributed by atoms with van der Waals surface area (Å²) in [6.45, 7) is 3.25. The van der Waals surface area contributed by atoms with Crippen molar-refractivity contribution in [1.82, 2.24) is 4.90 Å². The number of alkyl halides is 2. The Bertz CT molecular complexity index is 414. The van der Waals surface area contributed by atoms with Crippen molar-refractivity contribution in [3.63, 3.8) is 0 Å². The average molecular weight is 286 g/mol. The maximum atomic E-state index is 12.5. The van der Waals surface area contributed by atoms with Gasteiger partial charge in [0.05, 0.1) is 0 Å². The molecule has 5 heteroatoms. The second-order valence-corrected chi connectivity index (χ2v) is 6.10. The number of para-hydroxylation sites is 1. The van der Waals surface area contributed by atoms with Gasteiger partial charge in [-0.3, -0.25) is 0 Å². The molecule has 1 saturated heterocycles. The molecule has 0 bridgehead atoms. The number of benzene rings is 1. The molecule has 0 aliphatic carbocycles. The lowest BCUT2D eigenvalue weighted by atomic mass is 9.99. The highest BCUT2D eigenvalue weighted by Gasteiger charge is 2.23. The van der Waals surface area contributed by atoms with Gasteiger partial charge >= 0.3 is 0 Å². The number of piperidine rings is 1. The molecular formula is C14H20F2N2S. The Labute approximate surface area is 117 Å². The molecule has 1 fully saturated rings. The standard InChI is InChI=1S/C14H20F2N2S/c1-10-9-11(7-8-18(10)2)17-12-5-3-4-6-13(12)19-14(15)16/h3-6,10-11,14,17H,7-9H2,1-2H3. The molecule has 1 aromatic carbocycles. The van der Waals surface area contributed by atoms with E-state index in [1.165, 1.54) is 0 Å². The van der Waals surface area contributed by atoms with Gasteiger partial charge in [0.15, 0.2) is 0 Å². The van der Waals surface area contributed by atoms with Gasteiger partial charge in [-0.25, -0.2) is 0 Å². The number of nitrogens with zero attached hydrogens (tertiary/aromatic N) is 1. The molecule has 0 spiro atoms. The van der Waals surface area contributed by atoms with E-state index < -0.39 is 5.76 Å². The van der Waals surface area contributed by atoms with Crippen LogP contribution in [-0.2, 0) is 0 Å². The third-order valence-corrected chi connectivity index (χ3v) is 4.46. The van der Waals surface area contributed by atoms with Crippen LogP contribution in [0.25, 0.3) is 0 Å². The van der Waals surface area contributed by atoms with Gasteiger partial charge in [0, 0.05) is 29.2 Å². The highest BCUT2D eigenvalue weighted by atomic mass is 32.2. The molecule has 0 saturated carbocycles. The fraction of sp³-hybridized carbons (Fsp3) is 0.571. The molecule has 19 heavy (non-hydrogen) atoms. The molecule has 0 radical (unpaired) electrons. The maximum absolute atomic E-state index is 12.5. The zero-order chi connectivity index (χ0) is 13.8. The van der Waals surface area contributed by atoms with Crippen molar-refractivity contribution < 1.29 is 8.78 Å². The van der Waals surface area contributed by atoms with Gasteiger partial charge in [0.2, 0.25) is 0 Å². The fourth-order valence-corrected chi connectivity index (χ4v) is 3.03. The van der Waals surface area contributed by atoms with Crippen molar-refractivity contribution >= 4 is 17.4 Å². The first-order chi connectivity index (χ1) is 9.06. The number of likely N-dealkylation sites (tertiary alicyclic amines) is 1. The first-order valence-electron chi connectivity index (χ1n) is 6.57. The zero-order valence-corrected chi connectivity index (χ0v) is 12.1. The Morgan fingerprint density at radius 2 is 2.11 bits per heavy atom. The summed E-state index contributed by atoms with van der Waals surface area (Å²) in [5.41, 5.74) is 0.828. The minimum Gasteiger partial charge on any atom is -0.381 e. The van der Waals surface area contributed by atoms with Gasteiger partial charge in [0.25, 0.3) is 5.76 Å². The number of nitrogens with one attached hydrogen (secondary N) is 1. The summed E-state index contributed by atoms with van der Waals surface area (Å²) in [5.74, 6) is -2.38. The molecule has 1 heterocycles. The second-order valence-electron chi connectivity index (χ2n) is 5.07. The van der Waals surface area contributed by atoms with E-state index in [1.807, 2.05) is 12.1 Å². The van der Waals surface area contributed by atoms with Crippen LogP contribution >= 0.6 is 11.8 Å². The Morgan fingerprint density at radius 3 is 2.79 bits per heavy atom. The van der Waals surface area contributed by atoms with Gasteiger partial charge in [-0.05, 0) is 38.9 Å². The van der Waals surface area contributed by atoms with Gasteiger partial charge in [-0.1, -0.05) is 23.9 Å². The van der Waals surface area contributed by atoms with Crippen LogP contribution in [0.15, 0.2) is 29.2 Å². The normalized spacial score (nSPS) is 24.7. The van der Waals surface area contributed by atoms with E-state index in [9.17, 15) is 8.78 Å². The molecule has 106 valence electrons. The molecule has 1 aromatic rings. The SMILES string of the molecule is CC1CC(Nc2ccccc2SC(F)F)CCN1C. The third kappa shape index (κ3) is 4.08. The summed E-state index contributed by atoms with van der Waals surface area (Å²) in [6.07, 6.45) is 2.10. The predicted octanol–water partition coefficient (Wildman–Crippen LogP) is 3.90. The van der Waals surface area contributed by atoms with Crippen LogP contribution in [0.2, 0.25) is 0 Å². The van der Waals surface area contributed by atoms with Crippen molar-refractivity contribution in [3.8, 4) is 0 Å².